The monoisotopic (exact) mass is 281 g/mol. The minimum Gasteiger partial charge on any atom is -0.337 e. The van der Waals surface area contributed by atoms with Crippen molar-refractivity contribution in [1.82, 2.24) is 14.1 Å². The molecule has 2 aromatic heterocycles. The van der Waals surface area contributed by atoms with Crippen LogP contribution in [0.25, 0.3) is 0 Å². The summed E-state index contributed by atoms with van der Waals surface area (Å²) in [4.78, 5) is 16.1. The van der Waals surface area contributed by atoms with Gasteiger partial charge in [0.2, 0.25) is 0 Å². The molecular formula is C11H12BrN3O. The number of hydrogen-bond donors (Lipinski definition) is 0. The third-order valence-corrected chi connectivity index (χ3v) is 2.90. The summed E-state index contributed by atoms with van der Waals surface area (Å²) in [5, 5.41) is 0. The van der Waals surface area contributed by atoms with Gasteiger partial charge in [-0.05, 0) is 28.9 Å². The van der Waals surface area contributed by atoms with E-state index < -0.39 is 0 Å². The molecule has 0 saturated carbocycles. The van der Waals surface area contributed by atoms with Crippen LogP contribution < -0.4 is 5.56 Å². The first kappa shape index (κ1) is 11.1. The molecule has 0 aliphatic carbocycles. The van der Waals surface area contributed by atoms with Crippen LogP contribution in [-0.4, -0.2) is 14.1 Å². The maximum absolute atomic E-state index is 11.9. The second-order valence-electron chi connectivity index (χ2n) is 3.73. The van der Waals surface area contributed by atoms with Crippen molar-refractivity contribution in [3.63, 3.8) is 0 Å². The Kier molecular flexibility index (Phi) is 2.96. The van der Waals surface area contributed by atoms with Crippen molar-refractivity contribution in [2.45, 2.75) is 13.5 Å². The van der Waals surface area contributed by atoms with Crippen molar-refractivity contribution in [3.05, 3.63) is 50.9 Å². The number of aromatic nitrogens is 3. The van der Waals surface area contributed by atoms with Crippen molar-refractivity contribution in [2.75, 3.05) is 0 Å². The third-order valence-electron chi connectivity index (χ3n) is 2.46. The summed E-state index contributed by atoms with van der Waals surface area (Å²) in [5.41, 5.74) is 0.745. The Bertz CT molecular complexity index is 571. The fourth-order valence-electron chi connectivity index (χ4n) is 1.56. The summed E-state index contributed by atoms with van der Waals surface area (Å²) >= 11 is 3.38. The molecule has 2 heterocycles. The number of hydrogen-bond acceptors (Lipinski definition) is 2. The zero-order chi connectivity index (χ0) is 11.7. The average Bonchev–Trinajstić information content (AvgIpc) is 2.60. The molecule has 0 aliphatic rings. The van der Waals surface area contributed by atoms with E-state index in [4.69, 9.17) is 0 Å². The number of imidazole rings is 1. The lowest BCUT2D eigenvalue weighted by Gasteiger charge is -2.07. The van der Waals surface area contributed by atoms with Gasteiger partial charge in [0.15, 0.2) is 0 Å². The first-order valence-corrected chi connectivity index (χ1v) is 5.70. The first-order valence-electron chi connectivity index (χ1n) is 4.90. The van der Waals surface area contributed by atoms with E-state index in [2.05, 4.69) is 20.9 Å². The van der Waals surface area contributed by atoms with Gasteiger partial charge in [-0.2, -0.15) is 0 Å². The van der Waals surface area contributed by atoms with Crippen molar-refractivity contribution < 1.29 is 0 Å². The molecule has 0 saturated heterocycles. The Labute approximate surface area is 102 Å². The highest BCUT2D eigenvalue weighted by Gasteiger charge is 2.05. The molecule has 84 valence electrons. The highest BCUT2D eigenvalue weighted by molar-refractivity contribution is 9.10. The molecule has 0 N–H and O–H groups in total. The summed E-state index contributed by atoms with van der Waals surface area (Å²) in [6.07, 6.45) is 5.38. The van der Waals surface area contributed by atoms with Gasteiger partial charge in [-0.15, -0.1) is 0 Å². The molecule has 4 nitrogen and oxygen atoms in total. The van der Waals surface area contributed by atoms with Crippen LogP contribution in [0.4, 0.5) is 0 Å². The van der Waals surface area contributed by atoms with Gasteiger partial charge in [0, 0.05) is 35.7 Å². The fourth-order valence-corrected chi connectivity index (χ4v) is 2.15. The third kappa shape index (κ3) is 2.09. The summed E-state index contributed by atoms with van der Waals surface area (Å²) < 4.78 is 4.46. The lowest BCUT2D eigenvalue weighted by molar-refractivity contribution is 0.673. The number of nitrogens with zero attached hydrogens (tertiary/aromatic N) is 3. The highest BCUT2D eigenvalue weighted by Crippen LogP contribution is 2.09. The van der Waals surface area contributed by atoms with Crippen LogP contribution >= 0.6 is 15.9 Å². The van der Waals surface area contributed by atoms with Gasteiger partial charge < -0.3 is 9.13 Å². The molecule has 0 aromatic carbocycles. The van der Waals surface area contributed by atoms with Crippen LogP contribution in [0.2, 0.25) is 0 Å². The lowest BCUT2D eigenvalue weighted by atomic mass is 10.3. The van der Waals surface area contributed by atoms with Crippen LogP contribution in [0.3, 0.4) is 0 Å². The Morgan fingerprint density at radius 3 is 2.88 bits per heavy atom. The van der Waals surface area contributed by atoms with Crippen LogP contribution in [0.5, 0.6) is 0 Å². The number of aryl methyl sites for hydroxylation is 2. The predicted molar refractivity (Wildman–Crippen MR) is 65.4 cm³/mol. The molecular weight excluding hydrogens is 270 g/mol. The standard InChI is InChI=1S/C11H12BrN3O/c1-8-5-9(12)6-15(11(8)16)7-10-13-3-4-14(10)2/h3-6H,7H2,1-2H3. The summed E-state index contributed by atoms with van der Waals surface area (Å²) in [7, 11) is 1.91. The topological polar surface area (TPSA) is 39.8 Å². The van der Waals surface area contributed by atoms with Gasteiger partial charge in [-0.25, -0.2) is 4.98 Å². The van der Waals surface area contributed by atoms with E-state index in [1.807, 2.05) is 30.8 Å². The van der Waals surface area contributed by atoms with Gasteiger partial charge in [0.25, 0.3) is 5.56 Å². The second-order valence-corrected chi connectivity index (χ2v) is 4.64. The van der Waals surface area contributed by atoms with Gasteiger partial charge in [0.05, 0.1) is 6.54 Å². The Morgan fingerprint density at radius 2 is 2.25 bits per heavy atom. The van der Waals surface area contributed by atoms with Crippen molar-refractivity contribution in [3.8, 4) is 0 Å². The first-order chi connectivity index (χ1) is 7.58. The normalized spacial score (nSPS) is 10.7. The second kappa shape index (κ2) is 4.25. The molecule has 2 rings (SSSR count). The number of halogens is 1. The Hall–Kier alpha value is -1.36. The van der Waals surface area contributed by atoms with Crippen molar-refractivity contribution in [2.24, 2.45) is 7.05 Å². The van der Waals surface area contributed by atoms with E-state index in [0.717, 1.165) is 15.9 Å². The van der Waals surface area contributed by atoms with E-state index in [0.29, 0.717) is 6.54 Å². The maximum atomic E-state index is 11.9. The van der Waals surface area contributed by atoms with Crippen LogP contribution in [-0.2, 0) is 13.6 Å². The molecule has 0 radical (unpaired) electrons. The van der Waals surface area contributed by atoms with Gasteiger partial charge in [-0.1, -0.05) is 0 Å². The molecule has 0 spiro atoms. The highest BCUT2D eigenvalue weighted by atomic mass is 79.9. The summed E-state index contributed by atoms with van der Waals surface area (Å²) in [6, 6.07) is 1.82. The number of pyridine rings is 1. The molecule has 5 heteroatoms. The average molecular weight is 282 g/mol. The molecule has 0 atom stereocenters. The molecule has 0 unspecified atom stereocenters. The lowest BCUT2D eigenvalue weighted by Crippen LogP contribution is -2.23. The SMILES string of the molecule is Cc1cc(Br)cn(Cc2nccn2C)c1=O. The Morgan fingerprint density at radius 1 is 1.50 bits per heavy atom. The predicted octanol–water partition coefficient (Wildman–Crippen LogP) is 1.70. The minimum atomic E-state index is 0.0196. The zero-order valence-corrected chi connectivity index (χ0v) is 10.7. The van der Waals surface area contributed by atoms with Gasteiger partial charge in [0.1, 0.15) is 5.82 Å². The number of rotatable bonds is 2. The van der Waals surface area contributed by atoms with E-state index in [-0.39, 0.29) is 5.56 Å². The van der Waals surface area contributed by atoms with Crippen LogP contribution in [0, 0.1) is 6.92 Å². The van der Waals surface area contributed by atoms with Gasteiger partial charge in [-0.3, -0.25) is 4.79 Å². The van der Waals surface area contributed by atoms with E-state index in [1.54, 1.807) is 17.0 Å². The van der Waals surface area contributed by atoms with E-state index >= 15 is 0 Å². The Balaban J connectivity index is 2.43. The molecule has 0 aliphatic heterocycles. The largest absolute Gasteiger partial charge is 0.337 e. The van der Waals surface area contributed by atoms with Crippen LogP contribution in [0.15, 0.2) is 33.9 Å². The van der Waals surface area contributed by atoms with Crippen molar-refractivity contribution in [1.29, 1.82) is 0 Å². The van der Waals surface area contributed by atoms with Gasteiger partial charge >= 0.3 is 0 Å². The van der Waals surface area contributed by atoms with Crippen molar-refractivity contribution >= 4 is 15.9 Å². The summed E-state index contributed by atoms with van der Waals surface area (Å²) in [6.45, 7) is 2.30. The summed E-state index contributed by atoms with van der Waals surface area (Å²) in [5.74, 6) is 0.861. The minimum absolute atomic E-state index is 0.0196. The quantitative estimate of drug-likeness (QED) is 0.841. The molecule has 2 aromatic rings. The van der Waals surface area contributed by atoms with E-state index in [9.17, 15) is 4.79 Å². The molecule has 16 heavy (non-hydrogen) atoms. The zero-order valence-electron chi connectivity index (χ0n) is 9.14. The fraction of sp³-hybridized carbons (Fsp3) is 0.273. The smallest absolute Gasteiger partial charge is 0.253 e. The van der Waals surface area contributed by atoms with Crippen LogP contribution in [0.1, 0.15) is 11.4 Å². The molecule has 0 fully saturated rings. The van der Waals surface area contributed by atoms with E-state index in [1.165, 1.54) is 0 Å². The molecule has 0 bridgehead atoms. The maximum Gasteiger partial charge on any atom is 0.253 e. The molecule has 0 amide bonds.